The number of nitriles is 1. The highest BCUT2D eigenvalue weighted by Gasteiger charge is 2.25. The smallest absolute Gasteiger partial charge is 0.270 e. The zero-order valence-electron chi connectivity index (χ0n) is 16.3. The number of hydrogen-bond acceptors (Lipinski definition) is 4. The molecule has 0 amide bonds. The summed E-state index contributed by atoms with van der Waals surface area (Å²) in [5.74, 6) is 1.21. The highest BCUT2D eigenvalue weighted by molar-refractivity contribution is 6.30. The van der Waals surface area contributed by atoms with Crippen molar-refractivity contribution in [3.8, 4) is 11.8 Å². The second-order valence-corrected chi connectivity index (χ2v) is 7.85. The Morgan fingerprint density at radius 1 is 1.17 bits per heavy atom. The summed E-state index contributed by atoms with van der Waals surface area (Å²) in [6, 6.07) is 17.4. The van der Waals surface area contributed by atoms with Crippen LogP contribution in [-0.2, 0) is 7.05 Å². The fourth-order valence-corrected chi connectivity index (χ4v) is 4.18. The Bertz CT molecular complexity index is 1140. The molecule has 2 heterocycles. The SMILES string of the molecule is Cn1c(=O)c(C#N)c(N2CCC(COc3cccc(Cl)c3)CC2)c2ccccc21. The van der Waals surface area contributed by atoms with Gasteiger partial charge in [-0.15, -0.1) is 0 Å². The van der Waals surface area contributed by atoms with Crippen LogP contribution < -0.4 is 15.2 Å². The summed E-state index contributed by atoms with van der Waals surface area (Å²) in [6.07, 6.45) is 1.88. The van der Waals surface area contributed by atoms with Crippen molar-refractivity contribution in [2.24, 2.45) is 13.0 Å². The molecule has 1 aliphatic rings. The number of para-hydroxylation sites is 1. The highest BCUT2D eigenvalue weighted by atomic mass is 35.5. The van der Waals surface area contributed by atoms with Crippen LogP contribution in [0.5, 0.6) is 5.75 Å². The van der Waals surface area contributed by atoms with Gasteiger partial charge < -0.3 is 14.2 Å². The molecule has 6 heteroatoms. The van der Waals surface area contributed by atoms with Gasteiger partial charge in [0.25, 0.3) is 5.56 Å². The average molecular weight is 408 g/mol. The first kappa shape index (κ1) is 19.4. The Labute approximate surface area is 174 Å². The maximum absolute atomic E-state index is 12.7. The number of ether oxygens (including phenoxy) is 1. The number of fused-ring (bicyclic) bond motifs is 1. The van der Waals surface area contributed by atoms with Crippen LogP contribution in [-0.4, -0.2) is 24.3 Å². The molecular weight excluding hydrogens is 386 g/mol. The van der Waals surface area contributed by atoms with Gasteiger partial charge >= 0.3 is 0 Å². The molecule has 0 N–H and O–H groups in total. The molecule has 4 rings (SSSR count). The quantitative estimate of drug-likeness (QED) is 0.644. The van der Waals surface area contributed by atoms with Gasteiger partial charge in [0.05, 0.1) is 17.8 Å². The Hall–Kier alpha value is -2.97. The molecule has 0 atom stereocenters. The van der Waals surface area contributed by atoms with E-state index in [1.54, 1.807) is 11.6 Å². The van der Waals surface area contributed by atoms with Crippen LogP contribution in [0.3, 0.4) is 0 Å². The summed E-state index contributed by atoms with van der Waals surface area (Å²) in [5.41, 5.74) is 1.59. The molecule has 0 saturated carbocycles. The fraction of sp³-hybridized carbons (Fsp3) is 0.304. The van der Waals surface area contributed by atoms with E-state index in [2.05, 4.69) is 11.0 Å². The number of aryl methyl sites for hydroxylation is 1. The van der Waals surface area contributed by atoms with Crippen LogP contribution in [0, 0.1) is 17.2 Å². The Morgan fingerprint density at radius 3 is 2.66 bits per heavy atom. The molecule has 3 aromatic rings. The van der Waals surface area contributed by atoms with E-state index in [0.29, 0.717) is 17.5 Å². The lowest BCUT2D eigenvalue weighted by Gasteiger charge is -2.34. The molecule has 2 aromatic carbocycles. The minimum absolute atomic E-state index is 0.222. The normalized spacial score (nSPS) is 14.7. The van der Waals surface area contributed by atoms with Gasteiger partial charge in [-0.25, -0.2) is 0 Å². The van der Waals surface area contributed by atoms with E-state index in [1.807, 2.05) is 48.5 Å². The van der Waals surface area contributed by atoms with Crippen molar-refractivity contribution in [1.82, 2.24) is 4.57 Å². The lowest BCUT2D eigenvalue weighted by Crippen LogP contribution is -2.37. The zero-order valence-corrected chi connectivity index (χ0v) is 17.0. The van der Waals surface area contributed by atoms with Gasteiger partial charge in [0, 0.05) is 30.5 Å². The van der Waals surface area contributed by atoms with Gasteiger partial charge in [-0.1, -0.05) is 35.9 Å². The van der Waals surface area contributed by atoms with Gasteiger partial charge in [0.15, 0.2) is 0 Å². The number of hydrogen-bond donors (Lipinski definition) is 0. The van der Waals surface area contributed by atoms with E-state index >= 15 is 0 Å². The molecule has 5 nitrogen and oxygen atoms in total. The van der Waals surface area contributed by atoms with Crippen LogP contribution >= 0.6 is 11.6 Å². The number of rotatable bonds is 4. The summed E-state index contributed by atoms with van der Waals surface area (Å²) in [5, 5.41) is 11.3. The molecule has 0 spiro atoms. The Morgan fingerprint density at radius 2 is 1.93 bits per heavy atom. The topological polar surface area (TPSA) is 58.3 Å². The predicted molar refractivity (Wildman–Crippen MR) is 116 cm³/mol. The van der Waals surface area contributed by atoms with Crippen LogP contribution in [0.15, 0.2) is 53.3 Å². The van der Waals surface area contributed by atoms with Crippen molar-refractivity contribution in [3.05, 3.63) is 69.5 Å². The third kappa shape index (κ3) is 3.81. The van der Waals surface area contributed by atoms with Gasteiger partial charge in [-0.2, -0.15) is 5.26 Å². The second-order valence-electron chi connectivity index (χ2n) is 7.42. The summed E-state index contributed by atoms with van der Waals surface area (Å²) < 4.78 is 7.47. The molecule has 0 bridgehead atoms. The average Bonchev–Trinajstić information content (AvgIpc) is 2.75. The van der Waals surface area contributed by atoms with Gasteiger partial charge in [-0.3, -0.25) is 4.79 Å². The fourth-order valence-electron chi connectivity index (χ4n) is 4.00. The molecule has 1 aromatic heterocycles. The molecule has 0 aliphatic carbocycles. The monoisotopic (exact) mass is 407 g/mol. The van der Waals surface area contributed by atoms with Gasteiger partial charge in [0.1, 0.15) is 17.4 Å². The zero-order chi connectivity index (χ0) is 20.4. The van der Waals surface area contributed by atoms with Crippen LogP contribution in [0.2, 0.25) is 5.02 Å². The number of nitrogens with zero attached hydrogens (tertiary/aromatic N) is 3. The van der Waals surface area contributed by atoms with Crippen molar-refractivity contribution in [2.45, 2.75) is 12.8 Å². The lowest BCUT2D eigenvalue weighted by atomic mass is 9.96. The molecule has 1 saturated heterocycles. The standard InChI is InChI=1S/C23H22ClN3O2/c1-26-21-8-3-2-7-19(21)22(20(14-25)23(26)28)27-11-9-16(10-12-27)15-29-18-6-4-5-17(24)13-18/h2-8,13,16H,9-12,15H2,1H3. The maximum atomic E-state index is 12.7. The van der Waals surface area contributed by atoms with E-state index in [-0.39, 0.29) is 11.1 Å². The first-order valence-electron chi connectivity index (χ1n) is 9.73. The molecule has 0 radical (unpaired) electrons. The molecule has 1 aliphatic heterocycles. The second kappa shape index (κ2) is 8.18. The van der Waals surface area contributed by atoms with E-state index in [9.17, 15) is 10.1 Å². The number of halogens is 1. The third-order valence-electron chi connectivity index (χ3n) is 5.60. The molecule has 148 valence electrons. The van der Waals surface area contributed by atoms with Gasteiger partial charge in [0.2, 0.25) is 0 Å². The Kier molecular flexibility index (Phi) is 5.46. The van der Waals surface area contributed by atoms with Crippen molar-refractivity contribution < 1.29 is 4.74 Å². The van der Waals surface area contributed by atoms with Crippen LogP contribution in [0.4, 0.5) is 5.69 Å². The first-order chi connectivity index (χ1) is 14.1. The minimum atomic E-state index is -0.243. The van der Waals surface area contributed by atoms with Crippen LogP contribution in [0.25, 0.3) is 10.9 Å². The largest absolute Gasteiger partial charge is 0.493 e. The van der Waals surface area contributed by atoms with Gasteiger partial charge in [-0.05, 0) is 43.0 Å². The third-order valence-corrected chi connectivity index (χ3v) is 5.84. The van der Waals surface area contributed by atoms with E-state index < -0.39 is 0 Å². The number of anilines is 1. The van der Waals surface area contributed by atoms with E-state index in [4.69, 9.17) is 16.3 Å². The summed E-state index contributed by atoms with van der Waals surface area (Å²) in [7, 11) is 1.72. The number of aromatic nitrogens is 1. The summed E-state index contributed by atoms with van der Waals surface area (Å²) >= 11 is 6.01. The predicted octanol–water partition coefficient (Wildman–Crippen LogP) is 4.36. The summed E-state index contributed by atoms with van der Waals surface area (Å²) in [6.45, 7) is 2.21. The van der Waals surface area contributed by atoms with E-state index in [0.717, 1.165) is 48.3 Å². The minimum Gasteiger partial charge on any atom is -0.493 e. The first-order valence-corrected chi connectivity index (χ1v) is 10.1. The number of benzene rings is 2. The van der Waals surface area contributed by atoms with Crippen molar-refractivity contribution in [2.75, 3.05) is 24.6 Å². The number of pyridine rings is 1. The highest BCUT2D eigenvalue weighted by Crippen LogP contribution is 2.32. The van der Waals surface area contributed by atoms with E-state index in [1.165, 1.54) is 0 Å². The molecule has 29 heavy (non-hydrogen) atoms. The summed E-state index contributed by atoms with van der Waals surface area (Å²) in [4.78, 5) is 14.9. The van der Waals surface area contributed by atoms with Crippen molar-refractivity contribution in [3.63, 3.8) is 0 Å². The maximum Gasteiger partial charge on any atom is 0.270 e. The van der Waals surface area contributed by atoms with Crippen molar-refractivity contribution in [1.29, 1.82) is 5.26 Å². The number of piperidine rings is 1. The molecular formula is C23H22ClN3O2. The molecule has 0 unspecified atom stereocenters. The lowest BCUT2D eigenvalue weighted by molar-refractivity contribution is 0.223. The van der Waals surface area contributed by atoms with Crippen LogP contribution in [0.1, 0.15) is 18.4 Å². The Balaban J connectivity index is 1.53. The van der Waals surface area contributed by atoms with Crippen molar-refractivity contribution >= 4 is 28.2 Å². The molecule has 1 fully saturated rings.